The number of amides is 2. The van der Waals surface area contributed by atoms with Crippen molar-refractivity contribution in [1.29, 1.82) is 0 Å². The van der Waals surface area contributed by atoms with Gasteiger partial charge in [-0.05, 0) is 50.8 Å². The highest BCUT2D eigenvalue weighted by Crippen LogP contribution is 2.13. The summed E-state index contributed by atoms with van der Waals surface area (Å²) in [5, 5.41) is 5.52. The van der Waals surface area contributed by atoms with Crippen molar-refractivity contribution in [2.24, 2.45) is 5.92 Å². The molecule has 0 spiro atoms. The minimum Gasteiger partial charge on any atom is -0.497 e. The van der Waals surface area contributed by atoms with Gasteiger partial charge in [-0.25, -0.2) is 4.79 Å². The Kier molecular flexibility index (Phi) is 7.74. The van der Waals surface area contributed by atoms with Gasteiger partial charge in [-0.3, -0.25) is 4.79 Å². The minimum atomic E-state index is -0.638. The van der Waals surface area contributed by atoms with Gasteiger partial charge < -0.3 is 20.1 Å². The zero-order valence-corrected chi connectivity index (χ0v) is 16.0. The Bertz CT molecular complexity index is 579. The highest BCUT2D eigenvalue weighted by atomic mass is 16.6. The summed E-state index contributed by atoms with van der Waals surface area (Å²) in [6.45, 7) is 9.71. The van der Waals surface area contributed by atoms with Crippen LogP contribution in [-0.2, 0) is 16.1 Å². The van der Waals surface area contributed by atoms with E-state index in [0.29, 0.717) is 13.0 Å². The number of nitrogens with one attached hydrogen (secondary N) is 2. The maximum absolute atomic E-state index is 12.5. The highest BCUT2D eigenvalue weighted by Gasteiger charge is 2.24. The Morgan fingerprint density at radius 1 is 1.20 bits per heavy atom. The Morgan fingerprint density at radius 2 is 1.88 bits per heavy atom. The molecule has 25 heavy (non-hydrogen) atoms. The summed E-state index contributed by atoms with van der Waals surface area (Å²) in [6.07, 6.45) is -0.0573. The second-order valence-electron chi connectivity index (χ2n) is 7.40. The molecule has 140 valence electrons. The summed E-state index contributed by atoms with van der Waals surface area (Å²) < 4.78 is 10.4. The summed E-state index contributed by atoms with van der Waals surface area (Å²) in [5.41, 5.74) is 0.317. The maximum atomic E-state index is 12.5. The van der Waals surface area contributed by atoms with Crippen molar-refractivity contribution < 1.29 is 19.1 Å². The maximum Gasteiger partial charge on any atom is 0.408 e. The van der Waals surface area contributed by atoms with E-state index < -0.39 is 17.7 Å². The van der Waals surface area contributed by atoms with Crippen LogP contribution in [0, 0.1) is 5.92 Å². The van der Waals surface area contributed by atoms with Crippen LogP contribution in [0.15, 0.2) is 24.3 Å². The SMILES string of the molecule is COc1cccc(CNC(=O)C(CC(C)C)NC(=O)OC(C)(C)C)c1. The average Bonchev–Trinajstić information content (AvgIpc) is 2.49. The van der Waals surface area contributed by atoms with Gasteiger partial charge in [0.25, 0.3) is 0 Å². The molecule has 0 saturated heterocycles. The molecule has 2 amide bonds. The summed E-state index contributed by atoms with van der Waals surface area (Å²) in [4.78, 5) is 24.5. The Morgan fingerprint density at radius 3 is 2.44 bits per heavy atom. The van der Waals surface area contributed by atoms with Crippen molar-refractivity contribution in [3.8, 4) is 5.75 Å². The van der Waals surface area contributed by atoms with E-state index in [1.165, 1.54) is 0 Å². The summed E-state index contributed by atoms with van der Waals surface area (Å²) >= 11 is 0. The van der Waals surface area contributed by atoms with Gasteiger partial charge in [0.15, 0.2) is 0 Å². The Balaban J connectivity index is 2.67. The summed E-state index contributed by atoms with van der Waals surface area (Å²) in [7, 11) is 1.60. The van der Waals surface area contributed by atoms with Crippen LogP contribution >= 0.6 is 0 Å². The molecule has 0 radical (unpaired) electrons. The topological polar surface area (TPSA) is 76.7 Å². The molecule has 0 aromatic heterocycles. The third kappa shape index (κ3) is 8.42. The lowest BCUT2D eigenvalue weighted by Gasteiger charge is -2.24. The van der Waals surface area contributed by atoms with E-state index in [2.05, 4.69) is 10.6 Å². The zero-order chi connectivity index (χ0) is 19.0. The molecule has 1 unspecified atom stereocenters. The zero-order valence-electron chi connectivity index (χ0n) is 16.0. The van der Waals surface area contributed by atoms with Crippen molar-refractivity contribution >= 4 is 12.0 Å². The monoisotopic (exact) mass is 350 g/mol. The van der Waals surface area contributed by atoms with Gasteiger partial charge in [0.1, 0.15) is 17.4 Å². The van der Waals surface area contributed by atoms with Gasteiger partial charge in [-0.2, -0.15) is 0 Å². The molecule has 1 aromatic rings. The number of benzene rings is 1. The molecule has 0 aliphatic carbocycles. The van der Waals surface area contributed by atoms with Crippen molar-refractivity contribution in [2.45, 2.75) is 59.2 Å². The molecule has 1 rings (SSSR count). The van der Waals surface area contributed by atoms with E-state index >= 15 is 0 Å². The van der Waals surface area contributed by atoms with E-state index in [9.17, 15) is 9.59 Å². The number of rotatable bonds is 7. The van der Waals surface area contributed by atoms with Crippen LogP contribution in [0.5, 0.6) is 5.75 Å². The van der Waals surface area contributed by atoms with Crippen LogP contribution in [0.25, 0.3) is 0 Å². The second kappa shape index (κ2) is 9.30. The van der Waals surface area contributed by atoms with Crippen LogP contribution in [0.4, 0.5) is 4.79 Å². The van der Waals surface area contributed by atoms with Gasteiger partial charge >= 0.3 is 6.09 Å². The first-order chi connectivity index (χ1) is 11.6. The predicted molar refractivity (Wildman–Crippen MR) is 97.5 cm³/mol. The van der Waals surface area contributed by atoms with Gasteiger partial charge in [0, 0.05) is 6.54 Å². The number of carbonyl (C=O) groups excluding carboxylic acids is 2. The lowest BCUT2D eigenvalue weighted by molar-refractivity contribution is -0.123. The van der Waals surface area contributed by atoms with Crippen LogP contribution in [0.3, 0.4) is 0 Å². The van der Waals surface area contributed by atoms with Crippen molar-refractivity contribution in [3.63, 3.8) is 0 Å². The largest absolute Gasteiger partial charge is 0.497 e. The molecule has 0 aliphatic rings. The molecular formula is C19H30N2O4. The van der Waals surface area contributed by atoms with Crippen LogP contribution in [-0.4, -0.2) is 30.8 Å². The van der Waals surface area contributed by atoms with Gasteiger partial charge in [0.05, 0.1) is 7.11 Å². The molecular weight excluding hydrogens is 320 g/mol. The highest BCUT2D eigenvalue weighted by molar-refractivity contribution is 5.85. The molecule has 0 bridgehead atoms. The fourth-order valence-electron chi connectivity index (χ4n) is 2.25. The third-order valence-electron chi connectivity index (χ3n) is 3.32. The number of methoxy groups -OCH3 is 1. The molecule has 6 nitrogen and oxygen atoms in total. The van der Waals surface area contributed by atoms with Gasteiger partial charge in [0.2, 0.25) is 5.91 Å². The number of ether oxygens (including phenoxy) is 2. The fraction of sp³-hybridized carbons (Fsp3) is 0.579. The second-order valence-corrected chi connectivity index (χ2v) is 7.40. The van der Waals surface area contributed by atoms with Crippen molar-refractivity contribution in [1.82, 2.24) is 10.6 Å². The van der Waals surface area contributed by atoms with Crippen LogP contribution in [0.2, 0.25) is 0 Å². The standard InChI is InChI=1S/C19H30N2O4/c1-13(2)10-16(21-18(23)25-19(3,4)5)17(22)20-12-14-8-7-9-15(11-14)24-6/h7-9,11,13,16H,10,12H2,1-6H3,(H,20,22)(H,21,23). The Hall–Kier alpha value is -2.24. The first kappa shape index (κ1) is 20.8. The van der Waals surface area contributed by atoms with E-state index in [0.717, 1.165) is 11.3 Å². The van der Waals surface area contributed by atoms with E-state index in [1.54, 1.807) is 27.9 Å². The third-order valence-corrected chi connectivity index (χ3v) is 3.32. The lowest BCUT2D eigenvalue weighted by atomic mass is 10.0. The van der Waals surface area contributed by atoms with Crippen LogP contribution < -0.4 is 15.4 Å². The lowest BCUT2D eigenvalue weighted by Crippen LogP contribution is -2.48. The number of hydrogen-bond donors (Lipinski definition) is 2. The first-order valence-corrected chi connectivity index (χ1v) is 8.51. The minimum absolute atomic E-state index is 0.234. The molecule has 1 atom stereocenters. The van der Waals surface area contributed by atoms with Crippen molar-refractivity contribution in [3.05, 3.63) is 29.8 Å². The molecule has 2 N–H and O–H groups in total. The fourth-order valence-corrected chi connectivity index (χ4v) is 2.25. The van der Waals surface area contributed by atoms with Crippen molar-refractivity contribution in [2.75, 3.05) is 7.11 Å². The van der Waals surface area contributed by atoms with Crippen LogP contribution in [0.1, 0.15) is 46.6 Å². The summed E-state index contributed by atoms with van der Waals surface area (Å²) in [5.74, 6) is 0.752. The molecule has 0 heterocycles. The van der Waals surface area contributed by atoms with Gasteiger partial charge in [-0.1, -0.05) is 26.0 Å². The first-order valence-electron chi connectivity index (χ1n) is 8.51. The molecule has 0 fully saturated rings. The Labute approximate surface area is 150 Å². The van der Waals surface area contributed by atoms with E-state index in [-0.39, 0.29) is 11.8 Å². The summed E-state index contributed by atoms with van der Waals surface area (Å²) in [6, 6.07) is 6.84. The smallest absolute Gasteiger partial charge is 0.408 e. The van der Waals surface area contributed by atoms with E-state index in [4.69, 9.17) is 9.47 Å². The molecule has 0 aliphatic heterocycles. The molecule has 6 heteroatoms. The quantitative estimate of drug-likeness (QED) is 0.791. The van der Waals surface area contributed by atoms with Gasteiger partial charge in [-0.15, -0.1) is 0 Å². The normalized spacial score (nSPS) is 12.4. The predicted octanol–water partition coefficient (Wildman–Crippen LogP) is 3.25. The number of hydrogen-bond acceptors (Lipinski definition) is 4. The number of alkyl carbamates (subject to hydrolysis) is 1. The molecule has 0 saturated carbocycles. The molecule has 1 aromatic carbocycles. The van der Waals surface area contributed by atoms with E-state index in [1.807, 2.05) is 38.1 Å². The average molecular weight is 350 g/mol. The number of carbonyl (C=O) groups is 2.